The second-order valence-corrected chi connectivity index (χ2v) is 5.37. The van der Waals surface area contributed by atoms with E-state index >= 15 is 0 Å². The summed E-state index contributed by atoms with van der Waals surface area (Å²) >= 11 is 0. The molecule has 124 valence electrons. The minimum atomic E-state index is -0.364. The maximum atomic E-state index is 12.2. The Morgan fingerprint density at radius 3 is 2.83 bits per heavy atom. The van der Waals surface area contributed by atoms with Gasteiger partial charge in [-0.05, 0) is 38.1 Å². The van der Waals surface area contributed by atoms with E-state index in [-0.39, 0.29) is 23.9 Å². The summed E-state index contributed by atoms with van der Waals surface area (Å²) in [5.74, 6) is 0.472. The Kier molecular flexibility index (Phi) is 4.28. The van der Waals surface area contributed by atoms with E-state index in [2.05, 4.69) is 20.6 Å². The topological polar surface area (TPSA) is 95.1 Å². The molecule has 3 rings (SSSR count). The van der Waals surface area contributed by atoms with E-state index in [1.807, 2.05) is 20.0 Å². The summed E-state index contributed by atoms with van der Waals surface area (Å²) in [4.78, 5) is 12.2. The molecule has 0 bridgehead atoms. The van der Waals surface area contributed by atoms with Gasteiger partial charge in [-0.15, -0.1) is 5.10 Å². The number of anilines is 1. The Hall–Kier alpha value is -3.16. The highest BCUT2D eigenvalue weighted by molar-refractivity contribution is 6.03. The number of nitrogens with one attached hydrogen (secondary N) is 1. The van der Waals surface area contributed by atoms with Crippen LogP contribution >= 0.6 is 0 Å². The molecule has 0 atom stereocenters. The smallest absolute Gasteiger partial charge is 0.322 e. The van der Waals surface area contributed by atoms with E-state index < -0.39 is 0 Å². The Morgan fingerprint density at radius 2 is 2.12 bits per heavy atom. The number of methoxy groups -OCH3 is 1. The van der Waals surface area contributed by atoms with Crippen LogP contribution in [0.15, 0.2) is 40.9 Å². The molecule has 0 radical (unpaired) electrons. The molecule has 24 heavy (non-hydrogen) atoms. The number of hydrogen-bond acceptors (Lipinski definition) is 6. The van der Waals surface area contributed by atoms with E-state index in [0.29, 0.717) is 17.0 Å². The highest BCUT2D eigenvalue weighted by Gasteiger charge is 2.15. The lowest BCUT2D eigenvalue weighted by Gasteiger charge is -2.03. The van der Waals surface area contributed by atoms with Crippen molar-refractivity contribution in [1.82, 2.24) is 20.0 Å². The molecular weight excluding hydrogens is 310 g/mol. The third-order valence-corrected chi connectivity index (χ3v) is 3.33. The minimum Gasteiger partial charge on any atom is -0.497 e. The zero-order chi connectivity index (χ0) is 17.1. The van der Waals surface area contributed by atoms with E-state index in [9.17, 15) is 4.79 Å². The quantitative estimate of drug-likeness (QED) is 0.774. The number of benzene rings is 1. The molecule has 0 spiro atoms. The fourth-order valence-electron chi connectivity index (χ4n) is 2.05. The van der Waals surface area contributed by atoms with Gasteiger partial charge in [-0.25, -0.2) is 0 Å². The molecule has 3 aromatic rings. The number of amides is 1. The number of carbonyl (C=O) groups is 1. The Bertz CT molecular complexity index is 853. The van der Waals surface area contributed by atoms with Gasteiger partial charge >= 0.3 is 6.01 Å². The van der Waals surface area contributed by atoms with Gasteiger partial charge in [-0.1, -0.05) is 11.2 Å². The van der Waals surface area contributed by atoms with E-state index in [1.165, 1.54) is 7.11 Å². The SMILES string of the molecule is COc1cccc(C(=O)Nc2nnc(-c3ccn(C(C)C)n3)o2)c1. The summed E-state index contributed by atoms with van der Waals surface area (Å²) < 4.78 is 12.3. The second kappa shape index (κ2) is 6.53. The van der Waals surface area contributed by atoms with Crippen molar-refractivity contribution in [2.75, 3.05) is 12.4 Å². The third-order valence-electron chi connectivity index (χ3n) is 3.33. The van der Waals surface area contributed by atoms with Crippen molar-refractivity contribution in [3.8, 4) is 17.3 Å². The van der Waals surface area contributed by atoms with Gasteiger partial charge < -0.3 is 9.15 Å². The fraction of sp³-hybridized carbons (Fsp3) is 0.250. The standard InChI is InChI=1S/C16H17N5O3/c1-10(2)21-8-7-13(20-21)15-18-19-16(24-15)17-14(22)11-5-4-6-12(9-11)23-3/h4-10H,1-3H3,(H,17,19,22). The van der Waals surface area contributed by atoms with Gasteiger partial charge in [-0.3, -0.25) is 14.8 Å². The molecule has 0 unspecified atom stereocenters. The minimum absolute atomic E-state index is 0.0110. The van der Waals surface area contributed by atoms with Crippen molar-refractivity contribution in [2.24, 2.45) is 0 Å². The first-order chi connectivity index (χ1) is 11.6. The van der Waals surface area contributed by atoms with Crippen LogP contribution in [0, 0.1) is 0 Å². The van der Waals surface area contributed by atoms with Crippen LogP contribution in [-0.2, 0) is 0 Å². The molecule has 1 aromatic carbocycles. The molecule has 0 saturated heterocycles. The van der Waals surface area contributed by atoms with E-state index in [0.717, 1.165) is 0 Å². The van der Waals surface area contributed by atoms with Crippen LogP contribution < -0.4 is 10.1 Å². The predicted molar refractivity (Wildman–Crippen MR) is 86.9 cm³/mol. The molecule has 1 N–H and O–H groups in total. The van der Waals surface area contributed by atoms with E-state index in [4.69, 9.17) is 9.15 Å². The van der Waals surface area contributed by atoms with Gasteiger partial charge in [0, 0.05) is 17.8 Å². The molecule has 1 amide bonds. The molecule has 0 aliphatic carbocycles. The van der Waals surface area contributed by atoms with Gasteiger partial charge in [-0.2, -0.15) is 5.10 Å². The van der Waals surface area contributed by atoms with Crippen molar-refractivity contribution in [1.29, 1.82) is 0 Å². The number of aromatic nitrogens is 4. The van der Waals surface area contributed by atoms with Crippen LogP contribution in [0.2, 0.25) is 0 Å². The molecule has 0 aliphatic rings. The van der Waals surface area contributed by atoms with Crippen LogP contribution in [0.5, 0.6) is 5.75 Å². The average Bonchev–Trinajstić information content (AvgIpc) is 3.24. The van der Waals surface area contributed by atoms with Crippen LogP contribution in [0.1, 0.15) is 30.2 Å². The number of ether oxygens (including phenoxy) is 1. The molecule has 8 heteroatoms. The largest absolute Gasteiger partial charge is 0.497 e. The maximum Gasteiger partial charge on any atom is 0.322 e. The molecule has 2 aromatic heterocycles. The number of rotatable bonds is 5. The molecule has 0 fully saturated rings. The summed E-state index contributed by atoms with van der Waals surface area (Å²) in [6.45, 7) is 4.04. The van der Waals surface area contributed by atoms with Crippen molar-refractivity contribution in [3.05, 3.63) is 42.1 Å². The summed E-state index contributed by atoms with van der Waals surface area (Å²) in [6.07, 6.45) is 1.83. The van der Waals surface area contributed by atoms with Gasteiger partial charge in [0.1, 0.15) is 11.4 Å². The first-order valence-corrected chi connectivity index (χ1v) is 7.41. The summed E-state index contributed by atoms with van der Waals surface area (Å²) in [7, 11) is 1.54. The van der Waals surface area contributed by atoms with Crippen molar-refractivity contribution >= 4 is 11.9 Å². The zero-order valence-corrected chi connectivity index (χ0v) is 13.6. The Balaban J connectivity index is 1.74. The number of carbonyl (C=O) groups excluding carboxylic acids is 1. The molecule has 0 saturated carbocycles. The molecule has 2 heterocycles. The summed E-state index contributed by atoms with van der Waals surface area (Å²) in [5.41, 5.74) is 0.983. The van der Waals surface area contributed by atoms with Gasteiger partial charge in [0.15, 0.2) is 0 Å². The normalized spacial score (nSPS) is 10.8. The van der Waals surface area contributed by atoms with Crippen LogP contribution in [-0.4, -0.2) is 33.0 Å². The first-order valence-electron chi connectivity index (χ1n) is 7.41. The molecular formula is C16H17N5O3. The summed E-state index contributed by atoms with van der Waals surface area (Å²) in [6, 6.07) is 8.79. The lowest BCUT2D eigenvalue weighted by Crippen LogP contribution is -2.12. The molecule has 8 nitrogen and oxygen atoms in total. The van der Waals surface area contributed by atoms with Gasteiger partial charge in [0.05, 0.1) is 7.11 Å². The number of hydrogen-bond donors (Lipinski definition) is 1. The number of nitrogens with zero attached hydrogens (tertiary/aromatic N) is 4. The lowest BCUT2D eigenvalue weighted by atomic mass is 10.2. The van der Waals surface area contributed by atoms with Crippen LogP contribution in [0.4, 0.5) is 6.01 Å². The van der Waals surface area contributed by atoms with Crippen LogP contribution in [0.25, 0.3) is 11.6 Å². The van der Waals surface area contributed by atoms with Crippen molar-refractivity contribution < 1.29 is 13.9 Å². The Morgan fingerprint density at radius 1 is 1.29 bits per heavy atom. The van der Waals surface area contributed by atoms with Crippen molar-refractivity contribution in [2.45, 2.75) is 19.9 Å². The first kappa shape index (κ1) is 15.7. The van der Waals surface area contributed by atoms with Gasteiger partial charge in [0.25, 0.3) is 11.8 Å². The highest BCUT2D eigenvalue weighted by atomic mass is 16.5. The van der Waals surface area contributed by atoms with Gasteiger partial charge in [0.2, 0.25) is 0 Å². The van der Waals surface area contributed by atoms with E-state index in [1.54, 1.807) is 35.0 Å². The third kappa shape index (κ3) is 3.27. The monoisotopic (exact) mass is 327 g/mol. The molecule has 0 aliphatic heterocycles. The fourth-order valence-corrected chi connectivity index (χ4v) is 2.05. The van der Waals surface area contributed by atoms with Crippen molar-refractivity contribution in [3.63, 3.8) is 0 Å². The maximum absolute atomic E-state index is 12.2. The zero-order valence-electron chi connectivity index (χ0n) is 13.6. The second-order valence-electron chi connectivity index (χ2n) is 5.37. The lowest BCUT2D eigenvalue weighted by molar-refractivity contribution is 0.102. The highest BCUT2D eigenvalue weighted by Crippen LogP contribution is 2.20. The Labute approximate surface area is 138 Å². The average molecular weight is 327 g/mol. The van der Waals surface area contributed by atoms with Crippen LogP contribution in [0.3, 0.4) is 0 Å². The predicted octanol–water partition coefficient (Wildman–Crippen LogP) is 2.77. The summed E-state index contributed by atoms with van der Waals surface area (Å²) in [5, 5.41) is 14.6.